The zero-order valence-electron chi connectivity index (χ0n) is 13.9. The highest BCUT2D eigenvalue weighted by atomic mass is 35.5. The minimum Gasteiger partial charge on any atom is -0.476 e. The SMILES string of the molecule is CCN(CC)CCOc1cc(CNC(C)(C)C)c(Cl)cn1. The van der Waals surface area contributed by atoms with Gasteiger partial charge in [0.15, 0.2) is 0 Å². The molecule has 21 heavy (non-hydrogen) atoms. The largest absolute Gasteiger partial charge is 0.476 e. The zero-order chi connectivity index (χ0) is 15.9. The molecule has 120 valence electrons. The number of hydrogen-bond donors (Lipinski definition) is 1. The Bertz CT molecular complexity index is 428. The van der Waals surface area contributed by atoms with Crippen LogP contribution in [0.4, 0.5) is 0 Å². The maximum atomic E-state index is 6.19. The molecule has 0 saturated carbocycles. The van der Waals surface area contributed by atoms with Crippen molar-refractivity contribution in [1.29, 1.82) is 0 Å². The fraction of sp³-hybridized carbons (Fsp3) is 0.688. The van der Waals surface area contributed by atoms with E-state index in [1.54, 1.807) is 6.20 Å². The molecule has 0 fully saturated rings. The van der Waals surface area contributed by atoms with Crippen LogP contribution in [0, 0.1) is 0 Å². The molecule has 0 amide bonds. The molecule has 0 aliphatic heterocycles. The maximum Gasteiger partial charge on any atom is 0.213 e. The van der Waals surface area contributed by atoms with E-state index in [2.05, 4.69) is 49.8 Å². The number of nitrogens with one attached hydrogen (secondary N) is 1. The van der Waals surface area contributed by atoms with Gasteiger partial charge < -0.3 is 15.0 Å². The summed E-state index contributed by atoms with van der Waals surface area (Å²) in [4.78, 5) is 6.55. The predicted octanol–water partition coefficient (Wildman–Crippen LogP) is 3.34. The minimum absolute atomic E-state index is 0.0520. The Morgan fingerprint density at radius 1 is 1.29 bits per heavy atom. The van der Waals surface area contributed by atoms with Gasteiger partial charge in [0.25, 0.3) is 0 Å². The third-order valence-electron chi connectivity index (χ3n) is 3.27. The first-order valence-corrected chi connectivity index (χ1v) is 7.98. The summed E-state index contributed by atoms with van der Waals surface area (Å²) in [6.45, 7) is 15.0. The van der Waals surface area contributed by atoms with Gasteiger partial charge in [-0.1, -0.05) is 25.4 Å². The summed E-state index contributed by atoms with van der Waals surface area (Å²) in [5.41, 5.74) is 1.07. The van der Waals surface area contributed by atoms with E-state index in [4.69, 9.17) is 16.3 Å². The monoisotopic (exact) mass is 313 g/mol. The molecule has 0 aliphatic rings. The Morgan fingerprint density at radius 2 is 1.95 bits per heavy atom. The summed E-state index contributed by atoms with van der Waals surface area (Å²) >= 11 is 6.19. The Labute approximate surface area is 133 Å². The zero-order valence-corrected chi connectivity index (χ0v) is 14.6. The number of pyridine rings is 1. The average molecular weight is 314 g/mol. The molecule has 0 aliphatic carbocycles. The number of aromatic nitrogens is 1. The molecule has 5 heteroatoms. The second-order valence-electron chi connectivity index (χ2n) is 6.09. The Balaban J connectivity index is 2.56. The number of likely N-dealkylation sites (N-methyl/N-ethyl adjacent to an activating group) is 1. The summed E-state index contributed by atoms with van der Waals surface area (Å²) < 4.78 is 5.73. The lowest BCUT2D eigenvalue weighted by atomic mass is 10.1. The summed E-state index contributed by atoms with van der Waals surface area (Å²) in [7, 11) is 0. The van der Waals surface area contributed by atoms with Crippen LogP contribution in [-0.2, 0) is 6.54 Å². The Morgan fingerprint density at radius 3 is 2.52 bits per heavy atom. The lowest BCUT2D eigenvalue weighted by Gasteiger charge is -2.21. The predicted molar refractivity (Wildman–Crippen MR) is 89.1 cm³/mol. The van der Waals surface area contributed by atoms with Gasteiger partial charge in [0.05, 0.1) is 5.02 Å². The third-order valence-corrected chi connectivity index (χ3v) is 3.61. The normalized spacial score (nSPS) is 12.0. The smallest absolute Gasteiger partial charge is 0.213 e. The molecule has 0 unspecified atom stereocenters. The van der Waals surface area contributed by atoms with Crippen molar-refractivity contribution in [3.05, 3.63) is 22.8 Å². The van der Waals surface area contributed by atoms with E-state index < -0.39 is 0 Å². The Kier molecular flexibility index (Phi) is 7.43. The van der Waals surface area contributed by atoms with Gasteiger partial charge in [-0.15, -0.1) is 0 Å². The van der Waals surface area contributed by atoms with Crippen LogP contribution < -0.4 is 10.1 Å². The molecule has 0 radical (unpaired) electrons. The van der Waals surface area contributed by atoms with Crippen LogP contribution in [0.15, 0.2) is 12.3 Å². The molecule has 0 atom stereocenters. The number of hydrogen-bond acceptors (Lipinski definition) is 4. The van der Waals surface area contributed by atoms with Gasteiger partial charge in [-0.2, -0.15) is 0 Å². The lowest BCUT2D eigenvalue weighted by molar-refractivity contribution is 0.218. The second-order valence-corrected chi connectivity index (χ2v) is 6.50. The topological polar surface area (TPSA) is 37.4 Å². The molecule has 1 rings (SSSR count). The van der Waals surface area contributed by atoms with Crippen LogP contribution in [0.5, 0.6) is 5.88 Å². The number of nitrogens with zero attached hydrogens (tertiary/aromatic N) is 2. The van der Waals surface area contributed by atoms with Crippen molar-refractivity contribution < 1.29 is 4.74 Å². The maximum absolute atomic E-state index is 6.19. The van der Waals surface area contributed by atoms with E-state index in [1.807, 2.05) is 6.07 Å². The van der Waals surface area contributed by atoms with Gasteiger partial charge in [-0.3, -0.25) is 0 Å². The van der Waals surface area contributed by atoms with Gasteiger partial charge >= 0.3 is 0 Å². The van der Waals surface area contributed by atoms with Crippen LogP contribution >= 0.6 is 11.6 Å². The third kappa shape index (κ3) is 7.11. The lowest BCUT2D eigenvalue weighted by Crippen LogP contribution is -2.35. The number of ether oxygens (including phenoxy) is 1. The summed E-state index contributed by atoms with van der Waals surface area (Å²) in [6.07, 6.45) is 1.66. The van der Waals surface area contributed by atoms with Gasteiger partial charge in [0.2, 0.25) is 5.88 Å². The van der Waals surface area contributed by atoms with Crippen molar-refractivity contribution in [3.8, 4) is 5.88 Å². The molecular weight excluding hydrogens is 286 g/mol. The first-order chi connectivity index (χ1) is 9.85. The molecule has 1 aromatic heterocycles. The average Bonchev–Trinajstić information content (AvgIpc) is 2.43. The highest BCUT2D eigenvalue weighted by molar-refractivity contribution is 6.31. The van der Waals surface area contributed by atoms with Gasteiger partial charge in [-0.05, 0) is 39.4 Å². The molecule has 1 heterocycles. The quantitative estimate of drug-likeness (QED) is 0.798. The minimum atomic E-state index is 0.0520. The fourth-order valence-electron chi connectivity index (χ4n) is 1.85. The molecule has 0 saturated heterocycles. The summed E-state index contributed by atoms with van der Waals surface area (Å²) in [5.74, 6) is 0.636. The van der Waals surface area contributed by atoms with Crippen molar-refractivity contribution in [2.24, 2.45) is 0 Å². The van der Waals surface area contributed by atoms with E-state index in [9.17, 15) is 0 Å². The van der Waals surface area contributed by atoms with Crippen molar-refractivity contribution >= 4 is 11.6 Å². The van der Waals surface area contributed by atoms with Crippen LogP contribution in [0.25, 0.3) is 0 Å². The molecular formula is C16H28ClN3O. The highest BCUT2D eigenvalue weighted by Gasteiger charge is 2.11. The standard InChI is InChI=1S/C16H28ClN3O/c1-6-20(7-2)8-9-21-15-10-13(14(17)12-18-15)11-19-16(3,4)5/h10,12,19H,6-9,11H2,1-5H3. The van der Waals surface area contributed by atoms with Crippen LogP contribution in [0.2, 0.25) is 5.02 Å². The molecule has 1 N–H and O–H groups in total. The molecule has 4 nitrogen and oxygen atoms in total. The Hall–Kier alpha value is -0.840. The van der Waals surface area contributed by atoms with Crippen LogP contribution in [-0.4, -0.2) is 41.7 Å². The van der Waals surface area contributed by atoms with Crippen molar-refractivity contribution in [1.82, 2.24) is 15.2 Å². The van der Waals surface area contributed by atoms with Gasteiger partial charge in [0, 0.05) is 30.9 Å². The molecule has 0 bridgehead atoms. The first-order valence-electron chi connectivity index (χ1n) is 7.60. The molecule has 0 spiro atoms. The van der Waals surface area contributed by atoms with Crippen molar-refractivity contribution in [3.63, 3.8) is 0 Å². The summed E-state index contributed by atoms with van der Waals surface area (Å²) in [6, 6.07) is 1.92. The van der Waals surface area contributed by atoms with Gasteiger partial charge in [-0.25, -0.2) is 4.98 Å². The van der Waals surface area contributed by atoms with E-state index in [1.165, 1.54) is 0 Å². The number of halogens is 1. The van der Waals surface area contributed by atoms with E-state index >= 15 is 0 Å². The van der Waals surface area contributed by atoms with Crippen LogP contribution in [0.1, 0.15) is 40.2 Å². The van der Waals surface area contributed by atoms with Crippen molar-refractivity contribution in [2.45, 2.75) is 46.7 Å². The van der Waals surface area contributed by atoms with Crippen LogP contribution in [0.3, 0.4) is 0 Å². The van der Waals surface area contributed by atoms with Crippen molar-refractivity contribution in [2.75, 3.05) is 26.2 Å². The number of rotatable bonds is 8. The van der Waals surface area contributed by atoms with E-state index in [-0.39, 0.29) is 5.54 Å². The van der Waals surface area contributed by atoms with E-state index in [0.29, 0.717) is 24.1 Å². The first kappa shape index (κ1) is 18.2. The second kappa shape index (κ2) is 8.57. The molecule has 1 aromatic rings. The van der Waals surface area contributed by atoms with E-state index in [0.717, 1.165) is 25.2 Å². The van der Waals surface area contributed by atoms with Gasteiger partial charge in [0.1, 0.15) is 6.61 Å². The summed E-state index contributed by atoms with van der Waals surface area (Å²) in [5, 5.41) is 4.09. The highest BCUT2D eigenvalue weighted by Crippen LogP contribution is 2.20. The molecule has 0 aromatic carbocycles. The fourth-order valence-corrected chi connectivity index (χ4v) is 2.02.